The van der Waals surface area contributed by atoms with Gasteiger partial charge in [-0.05, 0) is 12.1 Å². The van der Waals surface area contributed by atoms with E-state index in [-0.39, 0.29) is 18.2 Å². The Balaban J connectivity index is 1.70. The molecule has 2 aromatic heterocycles. The molecular formula is C14H16F3N5O2S. The SMILES string of the molecule is CN=C(NCCNC(=O)c1ccco1)NCc1nc(C(F)(F)F)cs1. The van der Waals surface area contributed by atoms with Gasteiger partial charge in [0.1, 0.15) is 5.01 Å². The Hall–Kier alpha value is -2.56. The number of amides is 1. The number of nitrogens with one attached hydrogen (secondary N) is 3. The summed E-state index contributed by atoms with van der Waals surface area (Å²) in [5, 5.41) is 9.69. The van der Waals surface area contributed by atoms with Crippen LogP contribution >= 0.6 is 11.3 Å². The molecule has 0 aromatic carbocycles. The van der Waals surface area contributed by atoms with Crippen molar-refractivity contribution in [3.8, 4) is 0 Å². The summed E-state index contributed by atoms with van der Waals surface area (Å²) in [6.07, 6.45) is -3.04. The van der Waals surface area contributed by atoms with Crippen LogP contribution in [0.25, 0.3) is 0 Å². The molecule has 1 amide bonds. The number of carbonyl (C=O) groups excluding carboxylic acids is 1. The number of rotatable bonds is 6. The topological polar surface area (TPSA) is 91.5 Å². The van der Waals surface area contributed by atoms with Gasteiger partial charge in [0.2, 0.25) is 0 Å². The number of hydrogen-bond acceptors (Lipinski definition) is 5. The molecular weight excluding hydrogens is 359 g/mol. The number of alkyl halides is 3. The molecule has 0 aliphatic carbocycles. The number of hydrogen-bond donors (Lipinski definition) is 3. The molecule has 2 heterocycles. The molecule has 11 heteroatoms. The van der Waals surface area contributed by atoms with E-state index in [1.165, 1.54) is 13.3 Å². The Morgan fingerprint density at radius 1 is 1.32 bits per heavy atom. The van der Waals surface area contributed by atoms with Crippen molar-refractivity contribution in [2.45, 2.75) is 12.7 Å². The Morgan fingerprint density at radius 2 is 2.08 bits per heavy atom. The van der Waals surface area contributed by atoms with E-state index in [9.17, 15) is 18.0 Å². The second-order valence-electron chi connectivity index (χ2n) is 4.71. The Bertz CT molecular complexity index is 712. The first-order valence-electron chi connectivity index (χ1n) is 7.18. The third kappa shape index (κ3) is 5.78. The molecule has 0 saturated carbocycles. The summed E-state index contributed by atoms with van der Waals surface area (Å²) in [6.45, 7) is 0.798. The summed E-state index contributed by atoms with van der Waals surface area (Å²) < 4.78 is 42.4. The van der Waals surface area contributed by atoms with Crippen LogP contribution in [0.1, 0.15) is 21.3 Å². The summed E-state index contributed by atoms with van der Waals surface area (Å²) in [7, 11) is 1.53. The fourth-order valence-electron chi connectivity index (χ4n) is 1.75. The van der Waals surface area contributed by atoms with Crippen LogP contribution in [0.3, 0.4) is 0 Å². The van der Waals surface area contributed by atoms with E-state index in [2.05, 4.69) is 25.9 Å². The zero-order valence-electron chi connectivity index (χ0n) is 13.2. The number of carbonyl (C=O) groups is 1. The van der Waals surface area contributed by atoms with Crippen LogP contribution in [0.5, 0.6) is 0 Å². The smallest absolute Gasteiger partial charge is 0.434 e. The molecule has 0 unspecified atom stereocenters. The number of thiazole rings is 1. The van der Waals surface area contributed by atoms with Gasteiger partial charge in [-0.1, -0.05) is 0 Å². The van der Waals surface area contributed by atoms with Gasteiger partial charge in [0.25, 0.3) is 5.91 Å². The van der Waals surface area contributed by atoms with Gasteiger partial charge >= 0.3 is 6.18 Å². The van der Waals surface area contributed by atoms with Crippen molar-refractivity contribution in [1.29, 1.82) is 0 Å². The highest BCUT2D eigenvalue weighted by Crippen LogP contribution is 2.29. The van der Waals surface area contributed by atoms with Crippen molar-refractivity contribution < 1.29 is 22.4 Å². The van der Waals surface area contributed by atoms with Gasteiger partial charge in [-0.3, -0.25) is 9.79 Å². The lowest BCUT2D eigenvalue weighted by Gasteiger charge is -2.11. The molecule has 3 N–H and O–H groups in total. The Labute approximate surface area is 145 Å². The lowest BCUT2D eigenvalue weighted by atomic mass is 10.4. The summed E-state index contributed by atoms with van der Waals surface area (Å²) in [6, 6.07) is 3.16. The summed E-state index contributed by atoms with van der Waals surface area (Å²) >= 11 is 0.916. The maximum atomic E-state index is 12.5. The fourth-order valence-corrected chi connectivity index (χ4v) is 2.49. The second-order valence-corrected chi connectivity index (χ2v) is 5.65. The first kappa shape index (κ1) is 18.8. The van der Waals surface area contributed by atoms with Crippen LogP contribution in [0.15, 0.2) is 33.2 Å². The van der Waals surface area contributed by atoms with Crippen LogP contribution in [-0.4, -0.2) is 37.0 Å². The number of nitrogens with zero attached hydrogens (tertiary/aromatic N) is 2. The molecule has 136 valence electrons. The molecule has 25 heavy (non-hydrogen) atoms. The number of aromatic nitrogens is 1. The van der Waals surface area contributed by atoms with Gasteiger partial charge in [0.05, 0.1) is 12.8 Å². The van der Waals surface area contributed by atoms with Gasteiger partial charge < -0.3 is 20.4 Å². The van der Waals surface area contributed by atoms with Crippen LogP contribution in [-0.2, 0) is 12.7 Å². The van der Waals surface area contributed by atoms with Crippen LogP contribution < -0.4 is 16.0 Å². The standard InChI is InChI=1S/C14H16F3N5O2S/c1-18-13(20-5-4-19-12(23)9-3-2-6-24-9)21-7-11-22-10(8-25-11)14(15,16)17/h2-3,6,8H,4-5,7H2,1H3,(H,19,23)(H2,18,20,21). The second kappa shape index (κ2) is 8.51. The van der Waals surface area contributed by atoms with E-state index in [0.29, 0.717) is 24.1 Å². The van der Waals surface area contributed by atoms with Crippen LogP contribution in [0.2, 0.25) is 0 Å². The lowest BCUT2D eigenvalue weighted by molar-refractivity contribution is -0.140. The minimum Gasteiger partial charge on any atom is -0.459 e. The van der Waals surface area contributed by atoms with Crippen molar-refractivity contribution in [2.75, 3.05) is 20.1 Å². The molecule has 0 fully saturated rings. The molecule has 0 saturated heterocycles. The van der Waals surface area contributed by atoms with Gasteiger partial charge in [0.15, 0.2) is 17.4 Å². The number of furan rings is 1. The monoisotopic (exact) mass is 375 g/mol. The molecule has 0 radical (unpaired) electrons. The van der Waals surface area contributed by atoms with Gasteiger partial charge in [0, 0.05) is 25.5 Å². The van der Waals surface area contributed by atoms with Crippen molar-refractivity contribution in [3.63, 3.8) is 0 Å². The first-order valence-corrected chi connectivity index (χ1v) is 8.06. The van der Waals surface area contributed by atoms with E-state index in [4.69, 9.17) is 4.42 Å². The fraction of sp³-hybridized carbons (Fsp3) is 0.357. The highest BCUT2D eigenvalue weighted by Gasteiger charge is 2.33. The van der Waals surface area contributed by atoms with Gasteiger partial charge in [-0.2, -0.15) is 13.2 Å². The minimum atomic E-state index is -4.44. The quantitative estimate of drug-likeness (QED) is 0.407. The molecule has 0 aliphatic heterocycles. The Morgan fingerprint density at radius 3 is 2.68 bits per heavy atom. The van der Waals surface area contributed by atoms with Crippen molar-refractivity contribution in [2.24, 2.45) is 4.99 Å². The van der Waals surface area contributed by atoms with Crippen LogP contribution in [0.4, 0.5) is 13.2 Å². The maximum Gasteiger partial charge on any atom is 0.434 e. The minimum absolute atomic E-state index is 0.110. The molecule has 0 atom stereocenters. The first-order chi connectivity index (χ1) is 11.9. The zero-order chi connectivity index (χ0) is 18.3. The highest BCUT2D eigenvalue weighted by molar-refractivity contribution is 7.09. The van der Waals surface area contributed by atoms with Crippen LogP contribution in [0, 0.1) is 0 Å². The zero-order valence-corrected chi connectivity index (χ0v) is 14.0. The normalized spacial score (nSPS) is 12.1. The molecule has 7 nitrogen and oxygen atoms in total. The number of guanidine groups is 1. The molecule has 0 bridgehead atoms. The van der Waals surface area contributed by atoms with Gasteiger partial charge in [-0.25, -0.2) is 4.98 Å². The molecule has 2 aromatic rings. The summed E-state index contributed by atoms with van der Waals surface area (Å²) in [5.41, 5.74) is -0.905. The van der Waals surface area contributed by atoms with Crippen molar-refractivity contribution in [1.82, 2.24) is 20.9 Å². The molecule has 0 aliphatic rings. The van der Waals surface area contributed by atoms with E-state index in [1.54, 1.807) is 12.1 Å². The average Bonchev–Trinajstić information content (AvgIpc) is 3.25. The number of halogens is 3. The molecule has 2 rings (SSSR count). The molecule has 0 spiro atoms. The van der Waals surface area contributed by atoms with Gasteiger partial charge in [-0.15, -0.1) is 11.3 Å². The predicted octanol–water partition coefficient (Wildman–Crippen LogP) is 1.85. The maximum absolute atomic E-state index is 12.5. The summed E-state index contributed by atoms with van der Waals surface area (Å²) in [5.74, 6) is 0.264. The largest absolute Gasteiger partial charge is 0.459 e. The van der Waals surface area contributed by atoms with E-state index in [1.807, 2.05) is 0 Å². The third-order valence-corrected chi connectivity index (χ3v) is 3.77. The van der Waals surface area contributed by atoms with E-state index >= 15 is 0 Å². The Kier molecular flexibility index (Phi) is 6.39. The highest BCUT2D eigenvalue weighted by atomic mass is 32.1. The average molecular weight is 375 g/mol. The van der Waals surface area contributed by atoms with E-state index < -0.39 is 11.9 Å². The van der Waals surface area contributed by atoms with E-state index in [0.717, 1.165) is 16.7 Å². The third-order valence-electron chi connectivity index (χ3n) is 2.92. The lowest BCUT2D eigenvalue weighted by Crippen LogP contribution is -2.41. The van der Waals surface area contributed by atoms with Crippen molar-refractivity contribution >= 4 is 23.2 Å². The predicted molar refractivity (Wildman–Crippen MR) is 86.4 cm³/mol. The number of aliphatic imine (C=N–C) groups is 1. The summed E-state index contributed by atoms with van der Waals surface area (Å²) in [4.78, 5) is 19.1. The van der Waals surface area contributed by atoms with Crippen molar-refractivity contribution in [3.05, 3.63) is 40.2 Å².